The molecule has 22 heavy (non-hydrogen) atoms. The third-order valence-electron chi connectivity index (χ3n) is 2.92. The molecular formula is C17H19N3O2. The molecule has 1 aromatic carbocycles. The topological polar surface area (TPSA) is 75.1 Å². The molecule has 5 nitrogen and oxygen atoms in total. The third-order valence-corrected chi connectivity index (χ3v) is 2.92. The first-order chi connectivity index (χ1) is 10.7. The van der Waals surface area contributed by atoms with Gasteiger partial charge in [0.1, 0.15) is 0 Å². The fraction of sp³-hybridized carbons (Fsp3) is 0.353. The van der Waals surface area contributed by atoms with Crippen molar-refractivity contribution in [3.8, 4) is 11.8 Å². The Bertz CT molecular complexity index is 647. The predicted molar refractivity (Wildman–Crippen MR) is 86.9 cm³/mol. The van der Waals surface area contributed by atoms with Gasteiger partial charge in [0.05, 0.1) is 13.7 Å². The summed E-state index contributed by atoms with van der Waals surface area (Å²) >= 11 is 0. The van der Waals surface area contributed by atoms with Gasteiger partial charge in [-0.1, -0.05) is 48.5 Å². The molecule has 0 saturated heterocycles. The molecule has 0 unspecified atom stereocenters. The highest BCUT2D eigenvalue weighted by Crippen LogP contribution is 2.14. The fourth-order valence-electron chi connectivity index (χ4n) is 1.76. The van der Waals surface area contributed by atoms with Crippen LogP contribution >= 0.6 is 0 Å². The van der Waals surface area contributed by atoms with E-state index in [2.05, 4.69) is 28.8 Å². The zero-order chi connectivity index (χ0) is 16.2. The lowest BCUT2D eigenvalue weighted by Crippen LogP contribution is -2.07. The molecule has 0 atom stereocenters. The van der Waals surface area contributed by atoms with E-state index in [1.807, 2.05) is 24.3 Å². The van der Waals surface area contributed by atoms with Crippen LogP contribution in [0.4, 0.5) is 0 Å². The lowest BCUT2D eigenvalue weighted by atomic mass is 10.0. The predicted octanol–water partition coefficient (Wildman–Crippen LogP) is 4.10. The number of hydrogen-bond acceptors (Lipinski definition) is 3. The maximum Gasteiger partial charge on any atom is 0.333 e. The molecule has 0 saturated carbocycles. The molecule has 0 spiro atoms. The number of carbonyl (C=O) groups is 1. The number of hydrogen-bond donors (Lipinski definition) is 0. The van der Waals surface area contributed by atoms with Crippen LogP contribution in [0.1, 0.15) is 37.3 Å². The maximum atomic E-state index is 11.7. The van der Waals surface area contributed by atoms with Gasteiger partial charge >= 0.3 is 5.97 Å². The molecular weight excluding hydrogens is 278 g/mol. The van der Waals surface area contributed by atoms with Gasteiger partial charge in [-0.05, 0) is 29.7 Å². The van der Waals surface area contributed by atoms with Crippen molar-refractivity contribution in [1.82, 2.24) is 0 Å². The summed E-state index contributed by atoms with van der Waals surface area (Å²) in [6.45, 7) is 2.07. The van der Waals surface area contributed by atoms with Crippen LogP contribution in [-0.2, 0) is 9.53 Å². The highest BCUT2D eigenvalue weighted by atomic mass is 16.5. The second-order valence-electron chi connectivity index (χ2n) is 4.54. The minimum Gasteiger partial charge on any atom is -0.466 e. The van der Waals surface area contributed by atoms with E-state index in [1.54, 1.807) is 6.08 Å². The Hall–Kier alpha value is -2.70. The minimum atomic E-state index is -0.513. The molecule has 0 bridgehead atoms. The van der Waals surface area contributed by atoms with E-state index in [0.717, 1.165) is 30.4 Å². The number of carbonyl (C=O) groups excluding carboxylic acids is 1. The van der Waals surface area contributed by atoms with Crippen LogP contribution in [0.15, 0.2) is 35.0 Å². The van der Waals surface area contributed by atoms with Gasteiger partial charge < -0.3 is 4.74 Å². The molecule has 5 heteroatoms. The zero-order valence-electron chi connectivity index (χ0n) is 12.9. The minimum absolute atomic E-state index is 0.0548. The number of ether oxygens (including phenoxy) is 1. The van der Waals surface area contributed by atoms with E-state index < -0.39 is 5.97 Å². The molecule has 1 rings (SSSR count). The molecule has 0 heterocycles. The monoisotopic (exact) mass is 297 g/mol. The lowest BCUT2D eigenvalue weighted by Gasteiger charge is -2.04. The largest absolute Gasteiger partial charge is 0.466 e. The molecule has 0 aliphatic rings. The van der Waals surface area contributed by atoms with Gasteiger partial charge in [0.2, 0.25) is 0 Å². The molecule has 0 aliphatic carbocycles. The number of azide groups is 1. The summed E-state index contributed by atoms with van der Waals surface area (Å²) in [5, 5.41) is 3.43. The summed E-state index contributed by atoms with van der Waals surface area (Å²) in [6.07, 6.45) is 4.67. The molecule has 1 aromatic rings. The third kappa shape index (κ3) is 5.74. The van der Waals surface area contributed by atoms with Gasteiger partial charge in [0, 0.05) is 22.5 Å². The van der Waals surface area contributed by atoms with Crippen molar-refractivity contribution in [1.29, 1.82) is 0 Å². The summed E-state index contributed by atoms with van der Waals surface area (Å²) in [5.74, 6) is 5.73. The van der Waals surface area contributed by atoms with Crippen LogP contribution in [0.5, 0.6) is 0 Å². The van der Waals surface area contributed by atoms with Crippen molar-refractivity contribution in [3.05, 3.63) is 51.4 Å². The Morgan fingerprint density at radius 1 is 1.45 bits per heavy atom. The van der Waals surface area contributed by atoms with Crippen LogP contribution in [0.25, 0.3) is 16.5 Å². The Morgan fingerprint density at radius 3 is 2.91 bits per heavy atom. The Morgan fingerprint density at radius 2 is 2.23 bits per heavy atom. The van der Waals surface area contributed by atoms with Gasteiger partial charge in [0.25, 0.3) is 0 Å². The maximum absolute atomic E-state index is 11.7. The van der Waals surface area contributed by atoms with Crippen LogP contribution in [0.3, 0.4) is 0 Å². The van der Waals surface area contributed by atoms with Crippen LogP contribution in [-0.4, -0.2) is 19.6 Å². The first-order valence-corrected chi connectivity index (χ1v) is 7.10. The molecule has 114 valence electrons. The van der Waals surface area contributed by atoms with E-state index in [9.17, 15) is 4.79 Å². The summed E-state index contributed by atoms with van der Waals surface area (Å²) < 4.78 is 4.71. The lowest BCUT2D eigenvalue weighted by molar-refractivity contribution is -0.136. The van der Waals surface area contributed by atoms with Gasteiger partial charge in [0.15, 0.2) is 0 Å². The number of unbranched alkanes of at least 4 members (excludes halogenated alkanes) is 2. The van der Waals surface area contributed by atoms with Gasteiger partial charge in [-0.2, -0.15) is 0 Å². The molecule has 0 fully saturated rings. The van der Waals surface area contributed by atoms with Crippen molar-refractivity contribution in [3.63, 3.8) is 0 Å². The molecule has 0 N–H and O–H groups in total. The fourth-order valence-corrected chi connectivity index (χ4v) is 1.76. The second-order valence-corrected chi connectivity index (χ2v) is 4.54. The second kappa shape index (κ2) is 10.1. The van der Waals surface area contributed by atoms with Gasteiger partial charge in [-0.25, -0.2) is 4.79 Å². The highest BCUT2D eigenvalue weighted by Gasteiger charge is 2.09. The van der Waals surface area contributed by atoms with Crippen molar-refractivity contribution in [2.45, 2.75) is 26.2 Å². The first-order valence-electron chi connectivity index (χ1n) is 7.10. The zero-order valence-corrected chi connectivity index (χ0v) is 12.9. The summed E-state index contributed by atoms with van der Waals surface area (Å²) in [5.41, 5.74) is 10.3. The van der Waals surface area contributed by atoms with E-state index in [-0.39, 0.29) is 6.54 Å². The van der Waals surface area contributed by atoms with Crippen LogP contribution < -0.4 is 0 Å². The Labute approximate surface area is 130 Å². The summed E-state index contributed by atoms with van der Waals surface area (Å²) in [4.78, 5) is 14.4. The van der Waals surface area contributed by atoms with Gasteiger partial charge in [-0.3, -0.25) is 0 Å². The quantitative estimate of drug-likeness (QED) is 0.151. The van der Waals surface area contributed by atoms with E-state index in [4.69, 9.17) is 10.3 Å². The first kappa shape index (κ1) is 17.4. The Balaban J connectivity index is 3.11. The molecule has 0 radical (unpaired) electrons. The average Bonchev–Trinajstić information content (AvgIpc) is 2.55. The van der Waals surface area contributed by atoms with E-state index >= 15 is 0 Å². The number of benzene rings is 1. The smallest absolute Gasteiger partial charge is 0.333 e. The SMILES string of the molecule is CCCCC#Cc1ccccc1/C=C(\CN=[N+]=[N-])C(=O)OC. The summed E-state index contributed by atoms with van der Waals surface area (Å²) in [7, 11) is 1.29. The number of methoxy groups -OCH3 is 1. The standard InChI is InChI=1S/C17H19N3O2/c1-3-4-5-6-9-14-10-7-8-11-15(14)12-16(13-19-20-18)17(21)22-2/h7-8,10-12H,3-5,13H2,1-2H3/b16-12+. The highest BCUT2D eigenvalue weighted by molar-refractivity contribution is 5.94. The van der Waals surface area contributed by atoms with Crippen molar-refractivity contribution < 1.29 is 9.53 Å². The molecule has 0 aromatic heterocycles. The van der Waals surface area contributed by atoms with Crippen molar-refractivity contribution in [2.75, 3.05) is 13.7 Å². The van der Waals surface area contributed by atoms with E-state index in [0.29, 0.717) is 5.57 Å². The van der Waals surface area contributed by atoms with Crippen LogP contribution in [0, 0.1) is 11.8 Å². The summed E-state index contributed by atoms with van der Waals surface area (Å²) in [6, 6.07) is 7.52. The van der Waals surface area contributed by atoms with Crippen molar-refractivity contribution >= 4 is 12.0 Å². The van der Waals surface area contributed by atoms with Gasteiger partial charge in [-0.15, -0.1) is 0 Å². The normalized spacial score (nSPS) is 10.2. The molecule has 0 amide bonds. The number of esters is 1. The number of nitrogens with zero attached hydrogens (tertiary/aromatic N) is 3. The van der Waals surface area contributed by atoms with E-state index in [1.165, 1.54) is 7.11 Å². The van der Waals surface area contributed by atoms with Crippen LogP contribution in [0.2, 0.25) is 0 Å². The Kier molecular flexibility index (Phi) is 7.96. The molecule has 0 aliphatic heterocycles. The van der Waals surface area contributed by atoms with Crippen molar-refractivity contribution in [2.24, 2.45) is 5.11 Å². The average molecular weight is 297 g/mol. The number of rotatable bonds is 6.